The van der Waals surface area contributed by atoms with Crippen LogP contribution in [-0.2, 0) is 0 Å². The smallest absolute Gasteiger partial charge is 0.128 e. The maximum atomic E-state index is 6.27. The van der Waals surface area contributed by atoms with Gasteiger partial charge in [-0.2, -0.15) is 0 Å². The second-order valence-corrected chi connectivity index (χ2v) is 8.68. The van der Waals surface area contributed by atoms with Crippen LogP contribution in [0.25, 0.3) is 0 Å². The number of aliphatic imine (C=N–C) groups is 1. The summed E-state index contributed by atoms with van der Waals surface area (Å²) in [6, 6.07) is 18.5. The molecule has 0 bridgehead atoms. The highest BCUT2D eigenvalue weighted by atomic mass is 35.5. The Kier molecular flexibility index (Phi) is 3.85. The summed E-state index contributed by atoms with van der Waals surface area (Å²) < 4.78 is 6.08. The van der Waals surface area contributed by atoms with Gasteiger partial charge < -0.3 is 4.74 Å². The summed E-state index contributed by atoms with van der Waals surface area (Å²) >= 11 is 9.95. The van der Waals surface area contributed by atoms with Crippen LogP contribution in [0.5, 0.6) is 5.75 Å². The average molecular weight is 384 g/mol. The van der Waals surface area contributed by atoms with Gasteiger partial charge in [0.2, 0.25) is 0 Å². The van der Waals surface area contributed by atoms with Crippen LogP contribution in [0, 0.1) is 5.92 Å². The number of benzene rings is 2. The molecule has 0 spiro atoms. The van der Waals surface area contributed by atoms with Gasteiger partial charge in [-0.3, -0.25) is 4.99 Å². The van der Waals surface area contributed by atoms with E-state index in [4.69, 9.17) is 21.3 Å². The van der Waals surface area contributed by atoms with Crippen LogP contribution in [-0.4, -0.2) is 12.3 Å². The zero-order valence-electron chi connectivity index (χ0n) is 13.2. The highest BCUT2D eigenvalue weighted by molar-refractivity contribution is 7.99. The Morgan fingerprint density at radius 3 is 2.88 bits per heavy atom. The van der Waals surface area contributed by atoms with Gasteiger partial charge in [0.1, 0.15) is 5.75 Å². The predicted octanol–water partition coefficient (Wildman–Crippen LogP) is 6.38. The molecule has 0 aliphatic carbocycles. The van der Waals surface area contributed by atoms with Crippen LogP contribution in [0.15, 0.2) is 69.9 Å². The molecule has 25 heavy (non-hydrogen) atoms. The van der Waals surface area contributed by atoms with Crippen molar-refractivity contribution in [2.75, 3.05) is 6.61 Å². The number of hydrogen-bond acceptors (Lipinski definition) is 4. The van der Waals surface area contributed by atoms with Crippen molar-refractivity contribution in [3.63, 3.8) is 0 Å². The molecule has 124 valence electrons. The molecule has 2 atom stereocenters. The van der Waals surface area contributed by atoms with Crippen LogP contribution in [0.1, 0.15) is 15.7 Å². The van der Waals surface area contributed by atoms with E-state index in [1.54, 1.807) is 11.3 Å². The average Bonchev–Trinajstić information content (AvgIpc) is 3.10. The summed E-state index contributed by atoms with van der Waals surface area (Å²) in [5.74, 6) is 1.07. The molecule has 3 aromatic rings. The lowest BCUT2D eigenvalue weighted by atomic mass is 9.90. The highest BCUT2D eigenvalue weighted by Gasteiger charge is 2.37. The molecule has 0 radical (unpaired) electrons. The van der Waals surface area contributed by atoms with Crippen LogP contribution in [0.2, 0.25) is 5.02 Å². The van der Waals surface area contributed by atoms with Crippen molar-refractivity contribution in [2.45, 2.75) is 10.1 Å². The van der Waals surface area contributed by atoms with Crippen LogP contribution in [0.4, 0.5) is 5.69 Å². The van der Waals surface area contributed by atoms with Crippen molar-refractivity contribution in [3.05, 3.63) is 75.4 Å². The Labute approximate surface area is 159 Å². The monoisotopic (exact) mass is 383 g/mol. The molecule has 0 amide bonds. The lowest BCUT2D eigenvalue weighted by molar-refractivity contribution is 0.272. The van der Waals surface area contributed by atoms with Crippen molar-refractivity contribution in [1.29, 1.82) is 0 Å². The first-order valence-electron chi connectivity index (χ1n) is 8.10. The fourth-order valence-corrected chi connectivity index (χ4v) is 5.85. The minimum atomic E-state index is 0.196. The SMILES string of the molecule is Clc1ccc2c(c1)C1=Nc3ccccc3S[C@@H](c3cccs3)[C@H]1CO2. The molecule has 0 saturated heterocycles. The summed E-state index contributed by atoms with van der Waals surface area (Å²) in [5.41, 5.74) is 3.13. The van der Waals surface area contributed by atoms with Gasteiger partial charge in [0.15, 0.2) is 0 Å². The normalized spacial score (nSPS) is 21.2. The van der Waals surface area contributed by atoms with Crippen molar-refractivity contribution in [2.24, 2.45) is 10.9 Å². The summed E-state index contributed by atoms with van der Waals surface area (Å²) in [6.07, 6.45) is 0. The van der Waals surface area contributed by atoms with Crippen LogP contribution >= 0.6 is 34.7 Å². The summed E-state index contributed by atoms with van der Waals surface area (Å²) in [6.45, 7) is 0.636. The number of thioether (sulfide) groups is 1. The third kappa shape index (κ3) is 2.69. The minimum absolute atomic E-state index is 0.196. The van der Waals surface area contributed by atoms with E-state index >= 15 is 0 Å². The molecule has 0 unspecified atom stereocenters. The molecule has 5 heteroatoms. The fraction of sp³-hybridized carbons (Fsp3) is 0.150. The first-order chi connectivity index (χ1) is 12.3. The lowest BCUT2D eigenvalue weighted by Crippen LogP contribution is -2.31. The quantitative estimate of drug-likeness (QED) is 0.486. The Hall–Kier alpha value is -1.75. The van der Waals surface area contributed by atoms with E-state index in [9.17, 15) is 0 Å². The molecular weight excluding hydrogens is 370 g/mol. The van der Waals surface area contributed by atoms with E-state index in [0.29, 0.717) is 11.6 Å². The van der Waals surface area contributed by atoms with E-state index in [-0.39, 0.29) is 11.2 Å². The van der Waals surface area contributed by atoms with Gasteiger partial charge in [-0.25, -0.2) is 0 Å². The number of rotatable bonds is 1. The number of hydrogen-bond donors (Lipinski definition) is 0. The van der Waals surface area contributed by atoms with Gasteiger partial charge in [0.05, 0.1) is 29.2 Å². The van der Waals surface area contributed by atoms with Crippen molar-refractivity contribution >= 4 is 46.1 Å². The van der Waals surface area contributed by atoms with Gasteiger partial charge in [-0.1, -0.05) is 29.8 Å². The maximum absolute atomic E-state index is 6.27. The first-order valence-corrected chi connectivity index (χ1v) is 10.2. The third-order valence-electron chi connectivity index (χ3n) is 4.54. The maximum Gasteiger partial charge on any atom is 0.128 e. The molecular formula is C20H14ClNOS2. The molecule has 2 aliphatic rings. The van der Waals surface area contributed by atoms with Gasteiger partial charge in [0.25, 0.3) is 0 Å². The number of nitrogens with zero attached hydrogens (tertiary/aromatic N) is 1. The van der Waals surface area contributed by atoms with E-state index in [1.807, 2.05) is 36.0 Å². The molecule has 2 nitrogen and oxygen atoms in total. The second kappa shape index (κ2) is 6.20. The Bertz CT molecular complexity index is 968. The summed E-state index contributed by atoms with van der Waals surface area (Å²) in [7, 11) is 0. The van der Waals surface area contributed by atoms with E-state index in [0.717, 1.165) is 22.7 Å². The lowest BCUT2D eigenvalue weighted by Gasteiger charge is -2.31. The highest BCUT2D eigenvalue weighted by Crippen LogP contribution is 2.51. The van der Waals surface area contributed by atoms with Gasteiger partial charge in [0, 0.05) is 20.4 Å². The molecule has 2 aromatic carbocycles. The number of halogens is 1. The number of fused-ring (bicyclic) bond motifs is 4. The van der Waals surface area contributed by atoms with Crippen molar-refractivity contribution in [1.82, 2.24) is 0 Å². The first kappa shape index (κ1) is 15.5. The van der Waals surface area contributed by atoms with Gasteiger partial charge in [-0.15, -0.1) is 23.1 Å². The predicted molar refractivity (Wildman–Crippen MR) is 106 cm³/mol. The molecule has 0 saturated carbocycles. The molecule has 5 rings (SSSR count). The van der Waals surface area contributed by atoms with Crippen LogP contribution in [0.3, 0.4) is 0 Å². The van der Waals surface area contributed by atoms with E-state index < -0.39 is 0 Å². The van der Waals surface area contributed by atoms with E-state index in [1.165, 1.54) is 9.77 Å². The molecule has 0 fully saturated rings. The van der Waals surface area contributed by atoms with Crippen LogP contribution < -0.4 is 4.74 Å². The topological polar surface area (TPSA) is 21.6 Å². The number of thiophene rings is 1. The zero-order valence-corrected chi connectivity index (χ0v) is 15.6. The second-order valence-electron chi connectivity index (χ2n) is 6.08. The third-order valence-corrected chi connectivity index (χ3v) is 7.31. The molecule has 1 aromatic heterocycles. The number of para-hydroxylation sites is 1. The standard InChI is InChI=1S/C20H14ClNOS2/c21-12-7-8-16-13(10-12)19-14(11-23-16)20(18-6-3-9-24-18)25-17-5-2-1-4-15(17)22-19/h1-10,14,20H,11H2/t14-,20+/m0/s1. The summed E-state index contributed by atoms with van der Waals surface area (Å²) in [5, 5.41) is 3.14. The summed E-state index contributed by atoms with van der Waals surface area (Å²) in [4.78, 5) is 7.63. The van der Waals surface area contributed by atoms with Crippen molar-refractivity contribution < 1.29 is 4.74 Å². The largest absolute Gasteiger partial charge is 0.492 e. The minimum Gasteiger partial charge on any atom is -0.492 e. The fourth-order valence-electron chi connectivity index (χ4n) is 3.37. The molecule has 3 heterocycles. The molecule has 0 N–H and O–H groups in total. The zero-order chi connectivity index (χ0) is 16.8. The van der Waals surface area contributed by atoms with Gasteiger partial charge in [-0.05, 0) is 41.8 Å². The molecule has 2 aliphatic heterocycles. The Morgan fingerprint density at radius 1 is 1.08 bits per heavy atom. The van der Waals surface area contributed by atoms with E-state index in [2.05, 4.69) is 35.7 Å². The Morgan fingerprint density at radius 2 is 2.00 bits per heavy atom. The van der Waals surface area contributed by atoms with Gasteiger partial charge >= 0.3 is 0 Å². The Balaban J connectivity index is 1.73. The van der Waals surface area contributed by atoms with Crippen molar-refractivity contribution in [3.8, 4) is 5.75 Å². The number of ether oxygens (including phenoxy) is 1.